The highest BCUT2D eigenvalue weighted by molar-refractivity contribution is 9.10. The lowest BCUT2D eigenvalue weighted by molar-refractivity contribution is -0.118. The van der Waals surface area contributed by atoms with Crippen molar-refractivity contribution in [1.82, 2.24) is 9.88 Å². The summed E-state index contributed by atoms with van der Waals surface area (Å²) in [5.74, 6) is 1.02. The number of thioether (sulfide) groups is 1. The first-order chi connectivity index (χ1) is 13.9. The van der Waals surface area contributed by atoms with E-state index in [1.807, 2.05) is 61.5 Å². The minimum absolute atomic E-state index is 0.127. The zero-order valence-corrected chi connectivity index (χ0v) is 20.4. The van der Waals surface area contributed by atoms with Crippen LogP contribution in [0, 0.1) is 0 Å². The summed E-state index contributed by atoms with van der Waals surface area (Å²) in [4.78, 5) is 22.8. The van der Waals surface area contributed by atoms with Gasteiger partial charge in [-0.3, -0.25) is 9.69 Å². The first-order valence-electron chi connectivity index (χ1n) is 9.32. The quantitative estimate of drug-likeness (QED) is 0.253. The molecule has 0 aliphatic carbocycles. The fraction of sp³-hybridized carbons (Fsp3) is 0.333. The van der Waals surface area contributed by atoms with E-state index in [9.17, 15) is 4.79 Å². The lowest BCUT2D eigenvalue weighted by Gasteiger charge is -2.22. The van der Waals surface area contributed by atoms with Gasteiger partial charge in [-0.1, -0.05) is 38.9 Å². The van der Waals surface area contributed by atoms with Crippen LogP contribution in [0.4, 0.5) is 5.13 Å². The average Bonchev–Trinajstić information content (AvgIpc) is 3.09. The van der Waals surface area contributed by atoms with Crippen LogP contribution in [0.1, 0.15) is 12.8 Å². The van der Waals surface area contributed by atoms with Gasteiger partial charge in [-0.15, -0.1) is 11.8 Å². The Kier molecular flexibility index (Phi) is 8.38. The number of nitrogens with zero attached hydrogens (tertiary/aromatic N) is 3. The monoisotopic (exact) mass is 511 g/mol. The second-order valence-corrected chi connectivity index (χ2v) is 10.4. The Morgan fingerprint density at radius 3 is 2.66 bits per heavy atom. The fourth-order valence-corrected chi connectivity index (χ4v) is 5.25. The van der Waals surface area contributed by atoms with Crippen molar-refractivity contribution in [1.29, 1.82) is 0 Å². The molecule has 3 aromatic rings. The Hall–Kier alpha value is -1.12. The van der Waals surface area contributed by atoms with Crippen molar-refractivity contribution in [3.63, 3.8) is 0 Å². The Morgan fingerprint density at radius 1 is 1.17 bits per heavy atom. The van der Waals surface area contributed by atoms with Crippen molar-refractivity contribution in [2.75, 3.05) is 37.8 Å². The zero-order valence-electron chi connectivity index (χ0n) is 16.4. The standard InChI is InChI=1S/C21H23BrClN3OS2/c1-25(2)11-12-26(21-24-18-10-5-15(22)14-19(18)29-21)20(27)4-3-13-28-17-8-6-16(23)7-9-17/h5-10,14H,3-4,11-13H2,1-2H3. The van der Waals surface area contributed by atoms with Gasteiger partial charge in [-0.2, -0.15) is 0 Å². The molecule has 1 amide bonds. The van der Waals surface area contributed by atoms with Crippen molar-refractivity contribution >= 4 is 71.9 Å². The van der Waals surface area contributed by atoms with Gasteiger partial charge < -0.3 is 4.90 Å². The van der Waals surface area contributed by atoms with E-state index in [2.05, 4.69) is 20.8 Å². The lowest BCUT2D eigenvalue weighted by Crippen LogP contribution is -2.36. The van der Waals surface area contributed by atoms with Gasteiger partial charge in [0.2, 0.25) is 5.91 Å². The lowest BCUT2D eigenvalue weighted by atomic mass is 10.3. The molecule has 4 nitrogen and oxygen atoms in total. The number of hydrogen-bond donors (Lipinski definition) is 0. The summed E-state index contributed by atoms with van der Waals surface area (Å²) in [5.41, 5.74) is 0.925. The fourth-order valence-electron chi connectivity index (χ4n) is 2.71. The third kappa shape index (κ3) is 6.69. The summed E-state index contributed by atoms with van der Waals surface area (Å²) in [6.45, 7) is 1.43. The molecule has 1 aromatic heterocycles. The largest absolute Gasteiger partial charge is 0.308 e. The van der Waals surface area contributed by atoms with Crippen molar-refractivity contribution in [2.45, 2.75) is 17.7 Å². The molecular weight excluding hydrogens is 490 g/mol. The van der Waals surface area contributed by atoms with Crippen LogP contribution in [0.5, 0.6) is 0 Å². The van der Waals surface area contributed by atoms with E-state index in [1.54, 1.807) is 23.1 Å². The molecule has 8 heteroatoms. The number of hydrogen-bond acceptors (Lipinski definition) is 5. The molecule has 0 N–H and O–H groups in total. The number of aromatic nitrogens is 1. The topological polar surface area (TPSA) is 36.4 Å². The molecule has 154 valence electrons. The normalized spacial score (nSPS) is 11.3. The summed E-state index contributed by atoms with van der Waals surface area (Å²) in [6.07, 6.45) is 1.33. The average molecular weight is 513 g/mol. The summed E-state index contributed by atoms with van der Waals surface area (Å²) < 4.78 is 2.10. The number of halogens is 2. The van der Waals surface area contributed by atoms with E-state index in [0.717, 1.165) is 43.6 Å². The van der Waals surface area contributed by atoms with Crippen LogP contribution in [-0.4, -0.2) is 48.7 Å². The molecule has 29 heavy (non-hydrogen) atoms. The first kappa shape index (κ1) is 22.6. The summed E-state index contributed by atoms with van der Waals surface area (Å²) >= 11 is 12.7. The molecule has 0 bridgehead atoms. The van der Waals surface area contributed by atoms with Crippen LogP contribution >= 0.6 is 50.6 Å². The summed E-state index contributed by atoms with van der Waals surface area (Å²) in [6, 6.07) is 13.8. The number of rotatable bonds is 9. The predicted molar refractivity (Wildman–Crippen MR) is 130 cm³/mol. The van der Waals surface area contributed by atoms with E-state index in [4.69, 9.17) is 16.6 Å². The number of benzene rings is 2. The molecule has 2 aromatic carbocycles. The number of fused-ring (bicyclic) bond motifs is 1. The van der Waals surface area contributed by atoms with Crippen molar-refractivity contribution < 1.29 is 4.79 Å². The molecule has 0 fully saturated rings. The van der Waals surface area contributed by atoms with Crippen LogP contribution in [0.3, 0.4) is 0 Å². The smallest absolute Gasteiger partial charge is 0.228 e. The van der Waals surface area contributed by atoms with Crippen LogP contribution in [0.2, 0.25) is 5.02 Å². The van der Waals surface area contributed by atoms with Gasteiger partial charge in [0.05, 0.1) is 10.2 Å². The number of thiazole rings is 1. The number of amides is 1. The van der Waals surface area contributed by atoms with E-state index in [1.165, 1.54) is 4.90 Å². The molecule has 0 atom stereocenters. The number of carbonyl (C=O) groups is 1. The first-order valence-corrected chi connectivity index (χ1v) is 12.3. The number of anilines is 1. The van der Waals surface area contributed by atoms with Crippen LogP contribution in [0.25, 0.3) is 10.2 Å². The molecule has 0 unspecified atom stereocenters. The van der Waals surface area contributed by atoms with Gasteiger partial charge in [0.1, 0.15) is 0 Å². The van der Waals surface area contributed by atoms with E-state index >= 15 is 0 Å². The zero-order chi connectivity index (χ0) is 20.8. The Labute approximate surface area is 193 Å². The van der Waals surface area contributed by atoms with Gasteiger partial charge in [-0.25, -0.2) is 4.98 Å². The van der Waals surface area contributed by atoms with E-state index in [0.29, 0.717) is 13.0 Å². The maximum absolute atomic E-state index is 13.0. The highest BCUT2D eigenvalue weighted by Gasteiger charge is 2.19. The Morgan fingerprint density at radius 2 is 1.93 bits per heavy atom. The molecule has 0 aliphatic heterocycles. The second kappa shape index (κ2) is 10.8. The molecule has 1 heterocycles. The Bertz CT molecular complexity index is 962. The van der Waals surface area contributed by atoms with Gasteiger partial charge >= 0.3 is 0 Å². The highest BCUT2D eigenvalue weighted by atomic mass is 79.9. The SMILES string of the molecule is CN(C)CCN(C(=O)CCCSc1ccc(Cl)cc1)c1nc2ccc(Br)cc2s1. The minimum atomic E-state index is 0.127. The van der Waals surface area contributed by atoms with Gasteiger partial charge in [0, 0.05) is 33.9 Å². The number of likely N-dealkylation sites (N-methyl/N-ethyl adjacent to an activating group) is 1. The van der Waals surface area contributed by atoms with Crippen LogP contribution in [-0.2, 0) is 4.79 Å². The van der Waals surface area contributed by atoms with Crippen LogP contribution in [0.15, 0.2) is 51.8 Å². The molecule has 0 radical (unpaired) electrons. The minimum Gasteiger partial charge on any atom is -0.308 e. The van der Waals surface area contributed by atoms with Crippen molar-refractivity contribution in [2.24, 2.45) is 0 Å². The van der Waals surface area contributed by atoms with Gasteiger partial charge in [0.25, 0.3) is 0 Å². The van der Waals surface area contributed by atoms with Crippen molar-refractivity contribution in [3.8, 4) is 0 Å². The molecule has 0 saturated carbocycles. The molecule has 0 saturated heterocycles. The predicted octanol–water partition coefficient (Wildman–Crippen LogP) is 6.18. The third-order valence-corrected chi connectivity index (χ3v) is 7.14. The maximum atomic E-state index is 13.0. The number of carbonyl (C=O) groups excluding carboxylic acids is 1. The van der Waals surface area contributed by atoms with Gasteiger partial charge in [0.15, 0.2) is 5.13 Å². The van der Waals surface area contributed by atoms with Crippen LogP contribution < -0.4 is 4.90 Å². The molecule has 0 aliphatic rings. The summed E-state index contributed by atoms with van der Waals surface area (Å²) in [5, 5.41) is 1.51. The van der Waals surface area contributed by atoms with E-state index in [-0.39, 0.29) is 5.91 Å². The Balaban J connectivity index is 1.63. The molecule has 3 rings (SSSR count). The van der Waals surface area contributed by atoms with Crippen molar-refractivity contribution in [3.05, 3.63) is 52.0 Å². The van der Waals surface area contributed by atoms with E-state index < -0.39 is 0 Å². The third-order valence-electron chi connectivity index (χ3n) is 4.26. The molecular formula is C21H23BrClN3OS2. The van der Waals surface area contributed by atoms with Gasteiger partial charge in [-0.05, 0) is 68.7 Å². The maximum Gasteiger partial charge on any atom is 0.228 e. The summed E-state index contributed by atoms with van der Waals surface area (Å²) in [7, 11) is 4.03. The highest BCUT2D eigenvalue weighted by Crippen LogP contribution is 2.31. The second-order valence-electron chi connectivity index (χ2n) is 6.86. The molecule has 0 spiro atoms.